The molecule has 1 aromatic carbocycles. The lowest BCUT2D eigenvalue weighted by atomic mass is 10.3. The molecule has 2 aromatic heterocycles. The van der Waals surface area contributed by atoms with Gasteiger partial charge in [-0.1, -0.05) is 15.9 Å². The molecule has 5 nitrogen and oxygen atoms in total. The number of benzene rings is 1. The second-order valence-electron chi connectivity index (χ2n) is 3.93. The Kier molecular flexibility index (Phi) is 2.52. The minimum Gasteiger partial charge on any atom is -0.287 e. The number of halogens is 1. The largest absolute Gasteiger partial charge is 0.287 e. The molecule has 0 saturated carbocycles. The lowest BCUT2D eigenvalue weighted by Crippen LogP contribution is -2.04. The van der Waals surface area contributed by atoms with Gasteiger partial charge in [0.25, 0.3) is 0 Å². The van der Waals surface area contributed by atoms with Crippen LogP contribution in [0.15, 0.2) is 39.7 Å². The number of hydrogen-bond acceptors (Lipinski definition) is 3. The summed E-state index contributed by atoms with van der Waals surface area (Å²) in [7, 11) is 0. The Morgan fingerprint density at radius 2 is 2.00 bits per heavy atom. The third-order valence-corrected chi connectivity index (χ3v) is 3.26. The van der Waals surface area contributed by atoms with Crippen molar-refractivity contribution in [2.45, 2.75) is 6.92 Å². The average molecular weight is 305 g/mol. The maximum Gasteiger partial charge on any atom is 0.211 e. The van der Waals surface area contributed by atoms with E-state index in [1.54, 1.807) is 4.68 Å². The van der Waals surface area contributed by atoms with E-state index in [4.69, 9.17) is 0 Å². The fourth-order valence-corrected chi connectivity index (χ4v) is 2.18. The summed E-state index contributed by atoms with van der Waals surface area (Å²) >= 11 is 3.38. The Balaban J connectivity index is 2.34. The zero-order chi connectivity index (χ0) is 12.7. The van der Waals surface area contributed by atoms with E-state index in [-0.39, 0.29) is 5.43 Å². The van der Waals surface area contributed by atoms with E-state index in [9.17, 15) is 4.79 Å². The molecule has 0 bridgehead atoms. The fourth-order valence-electron chi connectivity index (χ4n) is 1.91. The summed E-state index contributed by atoms with van der Waals surface area (Å²) in [6.07, 6.45) is 1.27. The summed E-state index contributed by atoms with van der Waals surface area (Å²) in [6, 6.07) is 7.68. The first-order valence-corrected chi connectivity index (χ1v) is 6.15. The van der Waals surface area contributed by atoms with E-state index in [2.05, 4.69) is 31.2 Å². The van der Waals surface area contributed by atoms with Crippen molar-refractivity contribution in [3.05, 3.63) is 50.9 Å². The first kappa shape index (κ1) is 11.2. The van der Waals surface area contributed by atoms with Gasteiger partial charge < -0.3 is 0 Å². The van der Waals surface area contributed by atoms with Crippen LogP contribution < -0.4 is 5.43 Å². The fraction of sp³-hybridized carbons (Fsp3) is 0.0833. The number of aromatic amines is 1. The van der Waals surface area contributed by atoms with E-state index in [1.165, 1.54) is 6.20 Å². The zero-order valence-electron chi connectivity index (χ0n) is 9.51. The van der Waals surface area contributed by atoms with E-state index in [0.29, 0.717) is 16.7 Å². The lowest BCUT2D eigenvalue weighted by Gasteiger charge is -2.02. The summed E-state index contributed by atoms with van der Waals surface area (Å²) in [6.45, 7) is 1.81. The minimum atomic E-state index is -0.121. The number of aryl methyl sites for hydroxylation is 1. The van der Waals surface area contributed by atoms with Crippen molar-refractivity contribution >= 4 is 27.0 Å². The van der Waals surface area contributed by atoms with Crippen molar-refractivity contribution in [1.82, 2.24) is 20.0 Å². The SMILES string of the molecule is Cc1nn(-c2ccc(Br)cc2)c2[nH]ncc(=O)c12. The van der Waals surface area contributed by atoms with Gasteiger partial charge in [0.15, 0.2) is 5.65 Å². The second-order valence-corrected chi connectivity index (χ2v) is 4.85. The van der Waals surface area contributed by atoms with Gasteiger partial charge in [-0.15, -0.1) is 0 Å². The minimum absolute atomic E-state index is 0.121. The molecule has 1 N–H and O–H groups in total. The Hall–Kier alpha value is -1.95. The van der Waals surface area contributed by atoms with Crippen LogP contribution in [0.5, 0.6) is 0 Å². The van der Waals surface area contributed by atoms with Crippen molar-refractivity contribution in [2.24, 2.45) is 0 Å². The van der Waals surface area contributed by atoms with Gasteiger partial charge >= 0.3 is 0 Å². The smallest absolute Gasteiger partial charge is 0.211 e. The van der Waals surface area contributed by atoms with Crippen LogP contribution in [0.1, 0.15) is 5.69 Å². The summed E-state index contributed by atoms with van der Waals surface area (Å²) < 4.78 is 2.68. The molecule has 3 aromatic rings. The monoisotopic (exact) mass is 304 g/mol. The van der Waals surface area contributed by atoms with Gasteiger partial charge in [-0.2, -0.15) is 10.2 Å². The van der Waals surface area contributed by atoms with Gasteiger partial charge in [0, 0.05) is 4.47 Å². The van der Waals surface area contributed by atoms with E-state index in [0.717, 1.165) is 10.2 Å². The van der Waals surface area contributed by atoms with E-state index in [1.807, 2.05) is 31.2 Å². The molecule has 6 heteroatoms. The van der Waals surface area contributed by atoms with E-state index >= 15 is 0 Å². The highest BCUT2D eigenvalue weighted by Gasteiger charge is 2.12. The number of fused-ring (bicyclic) bond motifs is 1. The van der Waals surface area contributed by atoms with Crippen molar-refractivity contribution in [3.63, 3.8) is 0 Å². The molecule has 0 aliphatic carbocycles. The molecule has 0 radical (unpaired) electrons. The maximum atomic E-state index is 11.8. The van der Waals surface area contributed by atoms with Crippen molar-refractivity contribution < 1.29 is 0 Å². The maximum absolute atomic E-state index is 11.8. The number of rotatable bonds is 1. The molecule has 0 unspecified atom stereocenters. The number of nitrogens with zero attached hydrogens (tertiary/aromatic N) is 3. The van der Waals surface area contributed by atoms with Gasteiger partial charge in [0.05, 0.1) is 23.0 Å². The van der Waals surface area contributed by atoms with Crippen LogP contribution in [0.4, 0.5) is 0 Å². The molecule has 2 heterocycles. The van der Waals surface area contributed by atoms with Crippen molar-refractivity contribution in [3.8, 4) is 5.69 Å². The molecule has 0 fully saturated rings. The third-order valence-electron chi connectivity index (χ3n) is 2.73. The van der Waals surface area contributed by atoms with Crippen LogP contribution in [-0.2, 0) is 0 Å². The van der Waals surface area contributed by atoms with Gasteiger partial charge in [-0.25, -0.2) is 4.68 Å². The molecule has 90 valence electrons. The van der Waals surface area contributed by atoms with Crippen LogP contribution in [0.2, 0.25) is 0 Å². The number of H-pyrrole nitrogens is 1. The highest BCUT2D eigenvalue weighted by molar-refractivity contribution is 9.10. The summed E-state index contributed by atoms with van der Waals surface area (Å²) in [4.78, 5) is 11.8. The first-order chi connectivity index (χ1) is 8.66. The molecule has 0 aliphatic heterocycles. The van der Waals surface area contributed by atoms with E-state index < -0.39 is 0 Å². The van der Waals surface area contributed by atoms with Gasteiger partial charge in [-0.3, -0.25) is 9.89 Å². The first-order valence-electron chi connectivity index (χ1n) is 5.36. The van der Waals surface area contributed by atoms with Crippen molar-refractivity contribution in [2.75, 3.05) is 0 Å². The Bertz CT molecular complexity index is 773. The number of aromatic nitrogens is 4. The van der Waals surface area contributed by atoms with Crippen LogP contribution >= 0.6 is 15.9 Å². The lowest BCUT2D eigenvalue weighted by molar-refractivity contribution is 0.864. The Morgan fingerprint density at radius 1 is 1.28 bits per heavy atom. The zero-order valence-corrected chi connectivity index (χ0v) is 11.1. The summed E-state index contributed by atoms with van der Waals surface area (Å²) in [5, 5.41) is 11.6. The van der Waals surface area contributed by atoms with Crippen molar-refractivity contribution in [1.29, 1.82) is 0 Å². The average Bonchev–Trinajstić information content (AvgIpc) is 2.69. The molecular formula is C12H9BrN4O. The molecule has 18 heavy (non-hydrogen) atoms. The van der Waals surface area contributed by atoms with Crippen LogP contribution in [0.3, 0.4) is 0 Å². The molecule has 0 aliphatic rings. The van der Waals surface area contributed by atoms with Gasteiger partial charge in [0.2, 0.25) is 5.43 Å². The molecule has 0 saturated heterocycles. The second kappa shape index (κ2) is 4.06. The normalized spacial score (nSPS) is 11.0. The van der Waals surface area contributed by atoms with Gasteiger partial charge in [-0.05, 0) is 31.2 Å². The van der Waals surface area contributed by atoms with Crippen LogP contribution in [-0.4, -0.2) is 20.0 Å². The third kappa shape index (κ3) is 1.65. The molecule has 0 amide bonds. The number of nitrogens with one attached hydrogen (secondary N) is 1. The quantitative estimate of drug-likeness (QED) is 0.749. The standard InChI is InChI=1S/C12H9BrN4O/c1-7-11-10(18)6-14-15-12(11)17(16-7)9-4-2-8(13)3-5-9/h2-6H,1H3,(H,15,18). The summed E-state index contributed by atoms with van der Waals surface area (Å²) in [5.74, 6) is 0. The van der Waals surface area contributed by atoms with Crippen LogP contribution in [0.25, 0.3) is 16.7 Å². The predicted molar refractivity (Wildman–Crippen MR) is 71.9 cm³/mol. The topological polar surface area (TPSA) is 63.6 Å². The Morgan fingerprint density at radius 3 is 2.72 bits per heavy atom. The highest BCUT2D eigenvalue weighted by Crippen LogP contribution is 2.18. The molecule has 0 spiro atoms. The number of hydrogen-bond donors (Lipinski definition) is 1. The molecule has 3 rings (SSSR count). The van der Waals surface area contributed by atoms with Crippen LogP contribution in [0, 0.1) is 6.92 Å². The molecular weight excluding hydrogens is 296 g/mol. The molecule has 0 atom stereocenters. The van der Waals surface area contributed by atoms with Gasteiger partial charge in [0.1, 0.15) is 0 Å². The predicted octanol–water partition coefficient (Wildman–Crippen LogP) is 2.18. The Labute approximate surface area is 111 Å². The summed E-state index contributed by atoms with van der Waals surface area (Å²) in [5.41, 5.74) is 2.06. The highest BCUT2D eigenvalue weighted by atomic mass is 79.9.